The summed E-state index contributed by atoms with van der Waals surface area (Å²) in [6.07, 6.45) is 9.69. The van der Waals surface area contributed by atoms with E-state index in [-0.39, 0.29) is 18.0 Å². The molecule has 132 valence electrons. The van der Waals surface area contributed by atoms with E-state index in [1.807, 2.05) is 37.6 Å². The third kappa shape index (κ3) is 3.38. The maximum atomic E-state index is 12.7. The van der Waals surface area contributed by atoms with Gasteiger partial charge in [0.1, 0.15) is 0 Å². The molecule has 1 aliphatic rings. The van der Waals surface area contributed by atoms with E-state index in [4.69, 9.17) is 0 Å². The average Bonchev–Trinajstić information content (AvgIpc) is 3.18. The maximum Gasteiger partial charge on any atom is 0.225 e. The lowest BCUT2D eigenvalue weighted by atomic mass is 9.83. The molecule has 2 heterocycles. The van der Waals surface area contributed by atoms with Crippen LogP contribution in [0.15, 0.2) is 61.3 Å². The Hall–Kier alpha value is -2.95. The molecule has 0 unspecified atom stereocenters. The van der Waals surface area contributed by atoms with Crippen LogP contribution >= 0.6 is 0 Å². The summed E-state index contributed by atoms with van der Waals surface area (Å²) in [7, 11) is 0. The molecule has 3 aromatic rings. The number of carbonyl (C=O) groups is 1. The number of hydrogen-bond acceptors (Lipinski definition) is 3. The lowest BCUT2D eigenvalue weighted by Gasteiger charge is -2.35. The van der Waals surface area contributed by atoms with Crippen molar-refractivity contribution in [2.75, 3.05) is 0 Å². The highest BCUT2D eigenvalue weighted by Gasteiger charge is 2.31. The second kappa shape index (κ2) is 7.12. The monoisotopic (exact) mass is 346 g/mol. The minimum atomic E-state index is -0.0555. The fraction of sp³-hybridized carbons (Fsp3) is 0.286. The highest BCUT2D eigenvalue weighted by molar-refractivity contribution is 5.79. The number of amides is 1. The Bertz CT molecular complexity index is 887. The highest BCUT2D eigenvalue weighted by Crippen LogP contribution is 2.37. The third-order valence-electron chi connectivity index (χ3n) is 5.05. The van der Waals surface area contributed by atoms with E-state index in [9.17, 15) is 4.79 Å². The zero-order valence-corrected chi connectivity index (χ0v) is 14.8. The molecule has 2 atom stereocenters. The first-order chi connectivity index (χ1) is 12.7. The summed E-state index contributed by atoms with van der Waals surface area (Å²) in [5.41, 5.74) is 4.39. The summed E-state index contributed by atoms with van der Waals surface area (Å²) in [6, 6.07) is 12.4. The number of carbonyl (C=O) groups excluding carboxylic acids is 1. The molecule has 26 heavy (non-hydrogen) atoms. The van der Waals surface area contributed by atoms with E-state index in [0.717, 1.165) is 24.1 Å². The van der Waals surface area contributed by atoms with Gasteiger partial charge in [0.2, 0.25) is 5.91 Å². The van der Waals surface area contributed by atoms with Crippen molar-refractivity contribution in [2.45, 2.75) is 38.3 Å². The van der Waals surface area contributed by atoms with Gasteiger partial charge in [0.25, 0.3) is 0 Å². The Morgan fingerprint density at radius 3 is 2.92 bits per heavy atom. The van der Waals surface area contributed by atoms with E-state index < -0.39 is 0 Å². The first-order valence-electron chi connectivity index (χ1n) is 8.97. The Kier molecular flexibility index (Phi) is 4.52. The molecule has 0 fully saturated rings. The summed E-state index contributed by atoms with van der Waals surface area (Å²) in [5, 5.41) is 3.26. The topological polar surface area (TPSA) is 59.8 Å². The van der Waals surface area contributed by atoms with E-state index in [1.54, 1.807) is 12.4 Å². The van der Waals surface area contributed by atoms with Gasteiger partial charge in [-0.3, -0.25) is 9.78 Å². The second-order valence-corrected chi connectivity index (χ2v) is 6.84. The van der Waals surface area contributed by atoms with Crippen LogP contribution in [0, 0.1) is 6.92 Å². The van der Waals surface area contributed by atoms with Gasteiger partial charge in [0.15, 0.2) is 0 Å². The van der Waals surface area contributed by atoms with Gasteiger partial charge in [-0.2, -0.15) is 0 Å². The quantitative estimate of drug-likeness (QED) is 0.789. The van der Waals surface area contributed by atoms with Gasteiger partial charge in [0, 0.05) is 24.3 Å². The molecule has 0 saturated carbocycles. The average molecular weight is 346 g/mol. The summed E-state index contributed by atoms with van der Waals surface area (Å²) in [5.74, 6) is 0.0162. The molecule has 1 N–H and O–H groups in total. The molecule has 1 aromatic carbocycles. The third-order valence-corrected chi connectivity index (χ3v) is 5.05. The smallest absolute Gasteiger partial charge is 0.225 e. The molecule has 0 spiro atoms. The summed E-state index contributed by atoms with van der Waals surface area (Å²) in [4.78, 5) is 21.2. The number of rotatable bonds is 4. The molecular weight excluding hydrogens is 324 g/mol. The predicted molar refractivity (Wildman–Crippen MR) is 99.6 cm³/mol. The zero-order chi connectivity index (χ0) is 17.9. The van der Waals surface area contributed by atoms with E-state index in [2.05, 4.69) is 38.1 Å². The van der Waals surface area contributed by atoms with Crippen LogP contribution in [-0.4, -0.2) is 20.4 Å². The first kappa shape index (κ1) is 16.5. The number of pyridine rings is 1. The van der Waals surface area contributed by atoms with Crippen LogP contribution in [0.5, 0.6) is 0 Å². The van der Waals surface area contributed by atoms with Crippen molar-refractivity contribution in [3.8, 4) is 0 Å². The number of nitrogens with one attached hydrogen (secondary N) is 1. The lowest BCUT2D eigenvalue weighted by molar-refractivity contribution is -0.121. The van der Waals surface area contributed by atoms with E-state index >= 15 is 0 Å². The van der Waals surface area contributed by atoms with Crippen LogP contribution < -0.4 is 5.32 Å². The van der Waals surface area contributed by atoms with Gasteiger partial charge < -0.3 is 9.88 Å². The summed E-state index contributed by atoms with van der Waals surface area (Å²) in [6.45, 7) is 1.94. The summed E-state index contributed by atoms with van der Waals surface area (Å²) < 4.78 is 2.11. The van der Waals surface area contributed by atoms with Crippen molar-refractivity contribution in [1.29, 1.82) is 0 Å². The number of aromatic nitrogens is 3. The first-order valence-corrected chi connectivity index (χ1v) is 8.97. The molecule has 0 radical (unpaired) electrons. The molecule has 2 aromatic heterocycles. The number of benzene rings is 1. The number of aryl methyl sites for hydroxylation is 2. The van der Waals surface area contributed by atoms with Crippen molar-refractivity contribution < 1.29 is 4.79 Å². The van der Waals surface area contributed by atoms with Crippen molar-refractivity contribution in [2.24, 2.45) is 0 Å². The second-order valence-electron chi connectivity index (χ2n) is 6.84. The molecule has 4 rings (SSSR count). The van der Waals surface area contributed by atoms with Gasteiger partial charge in [-0.05, 0) is 42.5 Å². The van der Waals surface area contributed by atoms with Crippen molar-refractivity contribution in [3.05, 3.63) is 83.7 Å². The molecule has 5 nitrogen and oxygen atoms in total. The number of fused-ring (bicyclic) bond motifs is 1. The standard InChI is InChI=1S/C21H22N4O/c1-15-6-7-16(13-23-15)12-20(26)24-21-18-5-3-2-4-17(18)8-9-19(21)25-11-10-22-14-25/h2-7,10-11,13-14,19,21H,8-9,12H2,1H3,(H,24,26)/t19-,21+/m1/s1. The van der Waals surface area contributed by atoms with Crippen LogP contribution in [0.1, 0.15) is 40.9 Å². The fourth-order valence-corrected chi connectivity index (χ4v) is 3.72. The number of nitrogens with zero attached hydrogens (tertiary/aromatic N) is 3. The molecule has 1 aliphatic carbocycles. The fourth-order valence-electron chi connectivity index (χ4n) is 3.72. The van der Waals surface area contributed by atoms with Gasteiger partial charge in [-0.1, -0.05) is 30.3 Å². The van der Waals surface area contributed by atoms with Crippen molar-refractivity contribution in [1.82, 2.24) is 19.9 Å². The maximum absolute atomic E-state index is 12.7. The number of hydrogen-bond donors (Lipinski definition) is 1. The van der Waals surface area contributed by atoms with Gasteiger partial charge in [-0.15, -0.1) is 0 Å². The largest absolute Gasteiger partial charge is 0.347 e. The van der Waals surface area contributed by atoms with E-state index in [0.29, 0.717) is 6.42 Å². The predicted octanol–water partition coefficient (Wildman–Crippen LogP) is 3.17. The molecule has 0 bridgehead atoms. The Balaban J connectivity index is 1.58. The Morgan fingerprint density at radius 2 is 2.15 bits per heavy atom. The summed E-state index contributed by atoms with van der Waals surface area (Å²) >= 11 is 0. The SMILES string of the molecule is Cc1ccc(CC(=O)N[C@H]2c3ccccc3CC[C@H]2n2ccnc2)cn1. The molecular formula is C21H22N4O. The Labute approximate surface area is 153 Å². The lowest BCUT2D eigenvalue weighted by Crippen LogP contribution is -2.38. The van der Waals surface area contributed by atoms with Gasteiger partial charge in [0.05, 0.1) is 24.8 Å². The molecule has 5 heteroatoms. The van der Waals surface area contributed by atoms with Crippen LogP contribution in [0.4, 0.5) is 0 Å². The molecule has 1 amide bonds. The minimum Gasteiger partial charge on any atom is -0.347 e. The normalized spacial score (nSPS) is 19.0. The van der Waals surface area contributed by atoms with Gasteiger partial charge >= 0.3 is 0 Å². The van der Waals surface area contributed by atoms with Crippen LogP contribution in [-0.2, 0) is 17.6 Å². The van der Waals surface area contributed by atoms with Gasteiger partial charge in [-0.25, -0.2) is 4.98 Å². The molecule has 0 aliphatic heterocycles. The number of imidazole rings is 1. The van der Waals surface area contributed by atoms with Crippen LogP contribution in [0.3, 0.4) is 0 Å². The van der Waals surface area contributed by atoms with Crippen LogP contribution in [0.2, 0.25) is 0 Å². The molecule has 0 saturated heterocycles. The highest BCUT2D eigenvalue weighted by atomic mass is 16.1. The van der Waals surface area contributed by atoms with E-state index in [1.165, 1.54) is 11.1 Å². The van der Waals surface area contributed by atoms with Crippen LogP contribution in [0.25, 0.3) is 0 Å². The Morgan fingerprint density at radius 1 is 1.27 bits per heavy atom. The minimum absolute atomic E-state index is 0.0162. The zero-order valence-electron chi connectivity index (χ0n) is 14.8. The van der Waals surface area contributed by atoms with Crippen molar-refractivity contribution >= 4 is 5.91 Å². The van der Waals surface area contributed by atoms with Crippen molar-refractivity contribution in [3.63, 3.8) is 0 Å².